The van der Waals surface area contributed by atoms with Gasteiger partial charge in [-0.15, -0.1) is 0 Å². The van der Waals surface area contributed by atoms with Crippen LogP contribution in [-0.2, 0) is 4.74 Å². The van der Waals surface area contributed by atoms with Crippen LogP contribution >= 0.6 is 23.2 Å². The summed E-state index contributed by atoms with van der Waals surface area (Å²) >= 11 is 12.7. The largest absolute Gasteiger partial charge is 0.371 e. The van der Waals surface area contributed by atoms with Crippen molar-refractivity contribution in [3.63, 3.8) is 0 Å². The highest BCUT2D eigenvalue weighted by atomic mass is 35.5. The lowest BCUT2D eigenvalue weighted by molar-refractivity contribution is 0.0493. The second kappa shape index (κ2) is 7.58. The molecule has 0 N–H and O–H groups in total. The lowest BCUT2D eigenvalue weighted by Gasteiger charge is -2.18. The maximum atomic E-state index is 6.37. The van der Waals surface area contributed by atoms with Crippen molar-refractivity contribution in [2.24, 2.45) is 0 Å². The molecule has 1 atom stereocenters. The van der Waals surface area contributed by atoms with Gasteiger partial charge in [-0.2, -0.15) is 0 Å². The van der Waals surface area contributed by atoms with Crippen molar-refractivity contribution in [2.75, 3.05) is 6.61 Å². The van der Waals surface area contributed by atoms with Gasteiger partial charge >= 0.3 is 0 Å². The van der Waals surface area contributed by atoms with Gasteiger partial charge in [-0.05, 0) is 32.1 Å². The summed E-state index contributed by atoms with van der Waals surface area (Å²) in [5, 5.41) is 1.01. The van der Waals surface area contributed by atoms with Gasteiger partial charge in [0.15, 0.2) is 5.82 Å². The van der Waals surface area contributed by atoms with Gasteiger partial charge in [-0.3, -0.25) is 0 Å². The Morgan fingerprint density at radius 2 is 1.75 bits per heavy atom. The average Bonchev–Trinajstić information content (AvgIpc) is 2.91. The zero-order chi connectivity index (χ0) is 14.5. The molecule has 1 aromatic rings. The first-order valence-electron chi connectivity index (χ1n) is 7.51. The molecule has 1 aliphatic carbocycles. The van der Waals surface area contributed by atoms with Crippen molar-refractivity contribution in [1.29, 1.82) is 0 Å². The summed E-state index contributed by atoms with van der Waals surface area (Å²) in [4.78, 5) is 8.92. The molecule has 20 heavy (non-hydrogen) atoms. The monoisotopic (exact) mass is 316 g/mol. The molecule has 0 amide bonds. The normalized spacial score (nSPS) is 17.6. The average molecular weight is 317 g/mol. The van der Waals surface area contributed by atoms with Gasteiger partial charge in [-0.25, -0.2) is 9.97 Å². The summed E-state index contributed by atoms with van der Waals surface area (Å²) in [5.41, 5.74) is 0.932. The van der Waals surface area contributed by atoms with Crippen molar-refractivity contribution >= 4 is 23.2 Å². The summed E-state index contributed by atoms with van der Waals surface area (Å²) < 4.78 is 5.70. The predicted octanol–water partition coefficient (Wildman–Crippen LogP) is 5.32. The number of nitrogens with zero attached hydrogens (tertiary/aromatic N) is 2. The molecule has 1 unspecified atom stereocenters. The van der Waals surface area contributed by atoms with Crippen LogP contribution in [0.5, 0.6) is 0 Å². The Hall–Kier alpha value is -0.380. The highest BCUT2D eigenvalue weighted by molar-refractivity contribution is 6.34. The van der Waals surface area contributed by atoms with Crippen LogP contribution in [0.2, 0.25) is 10.3 Å². The summed E-state index contributed by atoms with van der Waals surface area (Å²) in [6, 6.07) is 0. The third-order valence-electron chi connectivity index (χ3n) is 3.84. The van der Waals surface area contributed by atoms with E-state index in [4.69, 9.17) is 27.9 Å². The number of aromatic nitrogens is 2. The van der Waals surface area contributed by atoms with E-state index in [1.165, 1.54) is 12.8 Å². The molecular formula is C15H22Cl2N2O. The lowest BCUT2D eigenvalue weighted by Crippen LogP contribution is -2.11. The van der Waals surface area contributed by atoms with E-state index in [2.05, 4.69) is 16.9 Å². The van der Waals surface area contributed by atoms with E-state index >= 15 is 0 Å². The van der Waals surface area contributed by atoms with E-state index in [0.717, 1.165) is 31.2 Å². The van der Waals surface area contributed by atoms with E-state index in [9.17, 15) is 0 Å². The van der Waals surface area contributed by atoms with Crippen LogP contribution < -0.4 is 0 Å². The molecule has 2 rings (SSSR count). The topological polar surface area (TPSA) is 35.0 Å². The van der Waals surface area contributed by atoms with Crippen molar-refractivity contribution in [3.8, 4) is 0 Å². The second-order valence-corrected chi connectivity index (χ2v) is 6.01. The molecule has 0 aromatic carbocycles. The first-order chi connectivity index (χ1) is 9.67. The molecule has 1 heterocycles. The minimum atomic E-state index is -0.113. The Kier molecular flexibility index (Phi) is 6.06. The highest BCUT2D eigenvalue weighted by Crippen LogP contribution is 2.40. The SMILES string of the molecule is CCCC(OCC)c1nc(Cl)c(C2CCCC2)c(Cl)n1. The predicted molar refractivity (Wildman–Crippen MR) is 82.5 cm³/mol. The third-order valence-corrected chi connectivity index (χ3v) is 4.42. The molecule has 112 valence electrons. The van der Waals surface area contributed by atoms with Gasteiger partial charge < -0.3 is 4.74 Å². The van der Waals surface area contributed by atoms with Crippen LogP contribution in [0, 0.1) is 0 Å². The molecule has 1 fully saturated rings. The fourth-order valence-electron chi connectivity index (χ4n) is 2.88. The molecule has 3 nitrogen and oxygen atoms in total. The van der Waals surface area contributed by atoms with Crippen LogP contribution in [0.1, 0.15) is 75.8 Å². The van der Waals surface area contributed by atoms with Gasteiger partial charge in [-0.1, -0.05) is 49.4 Å². The minimum absolute atomic E-state index is 0.113. The Balaban J connectivity index is 2.28. The Morgan fingerprint density at radius 3 is 2.25 bits per heavy atom. The van der Waals surface area contributed by atoms with E-state index in [0.29, 0.717) is 28.7 Å². The van der Waals surface area contributed by atoms with E-state index in [1.54, 1.807) is 0 Å². The van der Waals surface area contributed by atoms with Crippen LogP contribution in [0.15, 0.2) is 0 Å². The molecule has 0 spiro atoms. The van der Waals surface area contributed by atoms with E-state index in [-0.39, 0.29) is 6.10 Å². The van der Waals surface area contributed by atoms with Gasteiger partial charge in [0.1, 0.15) is 16.4 Å². The molecule has 0 aliphatic heterocycles. The first-order valence-corrected chi connectivity index (χ1v) is 8.27. The maximum Gasteiger partial charge on any atom is 0.160 e. The summed E-state index contributed by atoms with van der Waals surface area (Å²) in [6.45, 7) is 4.72. The van der Waals surface area contributed by atoms with Crippen LogP contribution in [-0.4, -0.2) is 16.6 Å². The number of halogens is 2. The molecule has 0 saturated heterocycles. The molecule has 1 saturated carbocycles. The van der Waals surface area contributed by atoms with E-state index in [1.807, 2.05) is 6.92 Å². The van der Waals surface area contributed by atoms with Gasteiger partial charge in [0.05, 0.1) is 0 Å². The van der Waals surface area contributed by atoms with Crippen molar-refractivity contribution in [2.45, 2.75) is 64.4 Å². The number of hydrogen-bond donors (Lipinski definition) is 0. The lowest BCUT2D eigenvalue weighted by atomic mass is 10.0. The smallest absolute Gasteiger partial charge is 0.160 e. The standard InChI is InChI=1S/C15H22Cl2N2O/c1-3-7-11(20-4-2)15-18-13(16)12(14(17)19-15)10-8-5-6-9-10/h10-11H,3-9H2,1-2H3. The number of ether oxygens (including phenoxy) is 1. The quantitative estimate of drug-likeness (QED) is 0.666. The van der Waals surface area contributed by atoms with E-state index < -0.39 is 0 Å². The third kappa shape index (κ3) is 3.63. The number of hydrogen-bond acceptors (Lipinski definition) is 3. The molecular weight excluding hydrogens is 295 g/mol. The van der Waals surface area contributed by atoms with Gasteiger partial charge in [0, 0.05) is 12.2 Å². The second-order valence-electron chi connectivity index (χ2n) is 5.29. The highest BCUT2D eigenvalue weighted by Gasteiger charge is 2.26. The molecule has 0 radical (unpaired) electrons. The first kappa shape index (κ1) is 16.0. The fraction of sp³-hybridized carbons (Fsp3) is 0.733. The van der Waals surface area contributed by atoms with Crippen LogP contribution in [0.25, 0.3) is 0 Å². The Bertz CT molecular complexity index is 418. The molecule has 1 aliphatic rings. The van der Waals surface area contributed by atoms with Crippen LogP contribution in [0.4, 0.5) is 0 Å². The molecule has 1 aromatic heterocycles. The Labute approximate surface area is 131 Å². The van der Waals surface area contributed by atoms with Gasteiger partial charge in [0.2, 0.25) is 0 Å². The van der Waals surface area contributed by atoms with Crippen molar-refractivity contribution in [1.82, 2.24) is 9.97 Å². The van der Waals surface area contributed by atoms with Gasteiger partial charge in [0.25, 0.3) is 0 Å². The van der Waals surface area contributed by atoms with Crippen molar-refractivity contribution in [3.05, 3.63) is 21.7 Å². The number of rotatable bonds is 6. The summed E-state index contributed by atoms with van der Waals surface area (Å²) in [5.74, 6) is 1.03. The maximum absolute atomic E-state index is 6.37. The zero-order valence-electron chi connectivity index (χ0n) is 12.2. The van der Waals surface area contributed by atoms with Crippen molar-refractivity contribution < 1.29 is 4.74 Å². The fourth-order valence-corrected chi connectivity index (χ4v) is 3.59. The zero-order valence-corrected chi connectivity index (χ0v) is 13.7. The minimum Gasteiger partial charge on any atom is -0.371 e. The molecule has 0 bridgehead atoms. The van der Waals surface area contributed by atoms with Crippen LogP contribution in [0.3, 0.4) is 0 Å². The Morgan fingerprint density at radius 1 is 1.15 bits per heavy atom. The summed E-state index contributed by atoms with van der Waals surface area (Å²) in [6.07, 6.45) is 6.50. The summed E-state index contributed by atoms with van der Waals surface area (Å²) in [7, 11) is 0. The molecule has 5 heteroatoms.